The monoisotopic (exact) mass is 410 g/mol. The van der Waals surface area contributed by atoms with Crippen molar-refractivity contribution in [3.8, 4) is 0 Å². The fourth-order valence-corrected chi connectivity index (χ4v) is 3.66. The zero-order valence-corrected chi connectivity index (χ0v) is 17.3. The van der Waals surface area contributed by atoms with E-state index in [1.54, 1.807) is 56.1 Å². The van der Waals surface area contributed by atoms with Gasteiger partial charge in [-0.3, -0.25) is 4.98 Å². The summed E-state index contributed by atoms with van der Waals surface area (Å²) in [6, 6.07) is 6.22. The van der Waals surface area contributed by atoms with E-state index < -0.39 is 25.4 Å². The maximum atomic E-state index is 12.8. The molecule has 1 aliphatic heterocycles. The van der Waals surface area contributed by atoms with Gasteiger partial charge in [-0.2, -0.15) is 0 Å². The molecule has 0 saturated heterocycles. The SMILES string of the molecule is [2H]c1cc(C([2H])([2H])[2H])ncc1/C=C/n1c2c(c3cc(C([2H])([2H])[2H])ccc31)CN(C(=O)OC(C)(C)C)CC2. The molecule has 0 bridgehead atoms. The maximum absolute atomic E-state index is 12.8. The van der Waals surface area contributed by atoms with E-state index in [1.165, 1.54) is 12.3 Å². The molecule has 1 aromatic carbocycles. The summed E-state index contributed by atoms with van der Waals surface area (Å²) in [7, 11) is 0. The highest BCUT2D eigenvalue weighted by Gasteiger charge is 2.29. The lowest BCUT2D eigenvalue weighted by atomic mass is 10.0. The summed E-state index contributed by atoms with van der Waals surface area (Å²) in [5.74, 6) is 0. The quantitative estimate of drug-likeness (QED) is 0.554. The fraction of sp³-hybridized carbons (Fsp3) is 0.360. The van der Waals surface area contributed by atoms with Crippen molar-refractivity contribution in [3.63, 3.8) is 0 Å². The molecule has 3 heterocycles. The van der Waals surface area contributed by atoms with Crippen LogP contribution in [0.3, 0.4) is 0 Å². The Bertz CT molecular complexity index is 1380. The molecule has 0 atom stereocenters. The van der Waals surface area contributed by atoms with Gasteiger partial charge in [0.2, 0.25) is 0 Å². The van der Waals surface area contributed by atoms with Gasteiger partial charge in [-0.1, -0.05) is 17.7 Å². The van der Waals surface area contributed by atoms with Crippen molar-refractivity contribution in [2.45, 2.75) is 53.0 Å². The number of ether oxygens (including phenoxy) is 1. The third-order valence-electron chi connectivity index (χ3n) is 4.96. The first-order valence-corrected chi connectivity index (χ1v) is 9.84. The Morgan fingerprint density at radius 1 is 1.30 bits per heavy atom. The van der Waals surface area contributed by atoms with Crippen LogP contribution >= 0.6 is 0 Å². The van der Waals surface area contributed by atoms with Gasteiger partial charge < -0.3 is 14.2 Å². The van der Waals surface area contributed by atoms with Crippen molar-refractivity contribution >= 4 is 29.3 Å². The van der Waals surface area contributed by atoms with Gasteiger partial charge in [0, 0.05) is 55.9 Å². The minimum Gasteiger partial charge on any atom is -0.444 e. The van der Waals surface area contributed by atoms with Crippen molar-refractivity contribution < 1.29 is 19.1 Å². The van der Waals surface area contributed by atoms with E-state index in [0.29, 0.717) is 18.5 Å². The summed E-state index contributed by atoms with van der Waals surface area (Å²) in [5.41, 5.74) is 2.39. The summed E-state index contributed by atoms with van der Waals surface area (Å²) in [4.78, 5) is 18.4. The molecule has 5 heteroatoms. The largest absolute Gasteiger partial charge is 0.444 e. The predicted molar refractivity (Wildman–Crippen MR) is 121 cm³/mol. The smallest absolute Gasteiger partial charge is 0.410 e. The number of carbonyl (C=O) groups is 1. The third kappa shape index (κ3) is 4.11. The van der Waals surface area contributed by atoms with Crippen LogP contribution in [0.5, 0.6) is 0 Å². The van der Waals surface area contributed by atoms with Crippen molar-refractivity contribution in [1.29, 1.82) is 0 Å². The van der Waals surface area contributed by atoms with Crippen LogP contribution in [0.15, 0.2) is 36.5 Å². The lowest BCUT2D eigenvalue weighted by molar-refractivity contribution is 0.0224. The highest BCUT2D eigenvalue weighted by molar-refractivity contribution is 5.89. The van der Waals surface area contributed by atoms with Crippen molar-refractivity contribution in [2.24, 2.45) is 0 Å². The van der Waals surface area contributed by atoms with Crippen molar-refractivity contribution in [2.75, 3.05) is 6.54 Å². The van der Waals surface area contributed by atoms with E-state index in [9.17, 15) is 4.79 Å². The molecule has 2 aromatic heterocycles. The first kappa shape index (κ1) is 13.3. The van der Waals surface area contributed by atoms with Crippen LogP contribution in [0.1, 0.15) is 58.4 Å². The number of pyridine rings is 1. The zero-order valence-electron chi connectivity index (χ0n) is 24.3. The topological polar surface area (TPSA) is 47.4 Å². The van der Waals surface area contributed by atoms with Crippen LogP contribution in [0.25, 0.3) is 23.2 Å². The molecule has 0 N–H and O–H groups in total. The average molecular weight is 411 g/mol. The molecule has 30 heavy (non-hydrogen) atoms. The number of nitrogens with zero attached hydrogens (tertiary/aromatic N) is 3. The molecule has 3 aromatic rings. The first-order valence-electron chi connectivity index (χ1n) is 13.3. The van der Waals surface area contributed by atoms with E-state index in [2.05, 4.69) is 4.98 Å². The van der Waals surface area contributed by atoms with E-state index >= 15 is 0 Å². The van der Waals surface area contributed by atoms with Gasteiger partial charge >= 0.3 is 6.09 Å². The van der Waals surface area contributed by atoms with Gasteiger partial charge in [0.25, 0.3) is 0 Å². The molecule has 4 rings (SSSR count). The number of carbonyl (C=O) groups excluding carboxylic acids is 1. The number of rotatable bonds is 2. The summed E-state index contributed by atoms with van der Waals surface area (Å²) >= 11 is 0. The van der Waals surface area contributed by atoms with E-state index in [0.717, 1.165) is 22.2 Å². The molecule has 0 aliphatic carbocycles. The van der Waals surface area contributed by atoms with Crippen molar-refractivity contribution in [3.05, 3.63) is 64.6 Å². The van der Waals surface area contributed by atoms with Gasteiger partial charge in [0.15, 0.2) is 0 Å². The van der Waals surface area contributed by atoms with Gasteiger partial charge in [-0.15, -0.1) is 0 Å². The Hall–Kier alpha value is -3.08. The molecule has 0 saturated carbocycles. The molecule has 5 nitrogen and oxygen atoms in total. The van der Waals surface area contributed by atoms with Gasteiger partial charge in [-0.05, 0) is 64.3 Å². The minimum atomic E-state index is -2.39. The van der Waals surface area contributed by atoms with E-state index in [-0.39, 0.29) is 23.8 Å². The summed E-state index contributed by atoms with van der Waals surface area (Å²) < 4.78 is 61.7. The molecular formula is C25H29N3O2. The van der Waals surface area contributed by atoms with Crippen LogP contribution < -0.4 is 0 Å². The van der Waals surface area contributed by atoms with Crippen LogP contribution in [0.4, 0.5) is 4.79 Å². The molecule has 1 aliphatic rings. The van der Waals surface area contributed by atoms with Crippen LogP contribution in [0, 0.1) is 13.7 Å². The molecule has 0 spiro atoms. The minimum absolute atomic E-state index is 0.0310. The number of aryl methyl sites for hydroxylation is 2. The summed E-state index contributed by atoms with van der Waals surface area (Å²) in [6.45, 7) is 1.43. The second-order valence-corrected chi connectivity index (χ2v) is 8.38. The highest BCUT2D eigenvalue weighted by atomic mass is 16.6. The number of amides is 1. The van der Waals surface area contributed by atoms with Gasteiger partial charge in [0.05, 0.1) is 13.4 Å². The average Bonchev–Trinajstić information content (AvgIpc) is 3.08. The Balaban J connectivity index is 1.78. The lowest BCUT2D eigenvalue weighted by Gasteiger charge is -2.30. The van der Waals surface area contributed by atoms with Crippen molar-refractivity contribution in [1.82, 2.24) is 14.5 Å². The number of aromatic nitrogens is 2. The lowest BCUT2D eigenvalue weighted by Crippen LogP contribution is -2.40. The summed E-state index contributed by atoms with van der Waals surface area (Å²) in [5, 5.41) is 0.725. The Kier molecular flexibility index (Phi) is 3.38. The van der Waals surface area contributed by atoms with Gasteiger partial charge in [0.1, 0.15) is 5.60 Å². The highest BCUT2D eigenvalue weighted by Crippen LogP contribution is 2.32. The predicted octanol–water partition coefficient (Wildman–Crippen LogP) is 5.57. The zero-order chi connectivity index (χ0) is 27.3. The molecular weight excluding hydrogens is 374 g/mol. The van der Waals surface area contributed by atoms with Crippen LogP contribution in [0.2, 0.25) is 0 Å². The molecule has 1 amide bonds. The molecule has 0 radical (unpaired) electrons. The van der Waals surface area contributed by atoms with E-state index in [4.69, 9.17) is 14.3 Å². The number of hydrogen-bond acceptors (Lipinski definition) is 3. The summed E-state index contributed by atoms with van der Waals surface area (Å²) in [6.07, 6.45) is 4.89. The van der Waals surface area contributed by atoms with E-state index in [1.807, 2.05) is 4.57 Å². The fourth-order valence-electron chi connectivity index (χ4n) is 3.66. The number of benzene rings is 1. The van der Waals surface area contributed by atoms with Crippen LogP contribution in [-0.4, -0.2) is 32.7 Å². The number of hydrogen-bond donors (Lipinski definition) is 0. The Morgan fingerprint density at radius 3 is 2.90 bits per heavy atom. The Labute approximate surface area is 187 Å². The number of fused-ring (bicyclic) bond motifs is 3. The molecule has 156 valence electrons. The van der Waals surface area contributed by atoms with Gasteiger partial charge in [-0.25, -0.2) is 4.79 Å². The third-order valence-corrected chi connectivity index (χ3v) is 4.96. The van der Waals surface area contributed by atoms with Crippen LogP contribution in [-0.2, 0) is 17.7 Å². The second-order valence-electron chi connectivity index (χ2n) is 8.38. The molecule has 0 fully saturated rings. The second kappa shape index (κ2) is 7.63. The Morgan fingerprint density at radius 2 is 2.17 bits per heavy atom. The molecule has 0 unspecified atom stereocenters. The first-order chi connectivity index (χ1) is 17.0. The standard InChI is InChI=1S/C25H29N3O2/c1-17-6-9-22-20(14-17)21-16-27(24(29)30-25(3,4)5)12-11-23(21)28(22)13-10-19-8-7-18(2)26-15-19/h6-10,13-15H,11-12,16H2,1-5H3/b13-10+/i1D3,2D3,8D. The maximum Gasteiger partial charge on any atom is 0.410 e. The normalized spacial score (nSPS) is 18.6.